The summed E-state index contributed by atoms with van der Waals surface area (Å²) < 4.78 is 28.5. The van der Waals surface area contributed by atoms with Crippen LogP contribution in [0.15, 0.2) is 85.2 Å². The van der Waals surface area contributed by atoms with Crippen molar-refractivity contribution in [3.8, 4) is 22.3 Å². The van der Waals surface area contributed by atoms with Crippen molar-refractivity contribution in [3.05, 3.63) is 96.8 Å². The molecular weight excluding hydrogens is 354 g/mol. The fourth-order valence-corrected chi connectivity index (χ4v) is 3.64. The molecule has 0 N–H and O–H groups in total. The molecule has 0 radical (unpaired) electrons. The first kappa shape index (κ1) is 16.5. The number of aromatic nitrogens is 2. The lowest BCUT2D eigenvalue weighted by Crippen LogP contribution is -1.94. The van der Waals surface area contributed by atoms with Crippen LogP contribution in [0.3, 0.4) is 0 Å². The average molecular weight is 368 g/mol. The van der Waals surface area contributed by atoms with Gasteiger partial charge in [-0.15, -0.1) is 0 Å². The van der Waals surface area contributed by atoms with Gasteiger partial charge in [-0.2, -0.15) is 0 Å². The van der Waals surface area contributed by atoms with Crippen molar-refractivity contribution in [3.63, 3.8) is 0 Å². The first-order valence-corrected chi connectivity index (χ1v) is 8.89. The molecule has 0 bridgehead atoms. The van der Waals surface area contributed by atoms with Gasteiger partial charge in [-0.25, -0.2) is 8.78 Å². The number of para-hydroxylation sites is 2. The number of benzene rings is 3. The second-order valence-electron chi connectivity index (χ2n) is 6.57. The molecule has 0 spiro atoms. The standard InChI is InChI=1S/C24H14F2N2/c25-21-13-19(17-9-1-5-15-7-3-11-27-23(15)17)20(14-22(21)26)18-10-2-6-16-8-4-12-28-24(16)18/h1-14H. The van der Waals surface area contributed by atoms with E-state index < -0.39 is 11.6 Å². The molecule has 0 saturated heterocycles. The van der Waals surface area contributed by atoms with E-state index in [2.05, 4.69) is 9.97 Å². The summed E-state index contributed by atoms with van der Waals surface area (Å²) in [5.41, 5.74) is 4.15. The van der Waals surface area contributed by atoms with Crippen molar-refractivity contribution in [2.75, 3.05) is 0 Å². The van der Waals surface area contributed by atoms with E-state index in [4.69, 9.17) is 0 Å². The largest absolute Gasteiger partial charge is 0.256 e. The molecule has 0 aliphatic heterocycles. The first-order valence-electron chi connectivity index (χ1n) is 8.89. The van der Waals surface area contributed by atoms with Crippen molar-refractivity contribution in [2.24, 2.45) is 0 Å². The Labute approximate surface area is 160 Å². The summed E-state index contributed by atoms with van der Waals surface area (Å²) in [5, 5.41) is 1.87. The molecule has 2 heterocycles. The number of hydrogen-bond acceptors (Lipinski definition) is 2. The molecule has 3 aromatic carbocycles. The summed E-state index contributed by atoms with van der Waals surface area (Å²) in [5.74, 6) is -1.78. The number of halogens is 2. The van der Waals surface area contributed by atoms with Gasteiger partial charge in [0.15, 0.2) is 11.6 Å². The van der Waals surface area contributed by atoms with Crippen molar-refractivity contribution < 1.29 is 8.78 Å². The predicted octanol–water partition coefficient (Wildman–Crippen LogP) is 6.40. The minimum atomic E-state index is -0.889. The van der Waals surface area contributed by atoms with Crippen molar-refractivity contribution in [1.82, 2.24) is 9.97 Å². The molecule has 134 valence electrons. The zero-order valence-corrected chi connectivity index (χ0v) is 14.7. The maximum absolute atomic E-state index is 14.3. The summed E-state index contributed by atoms with van der Waals surface area (Å²) in [6, 6.07) is 21.5. The molecule has 0 atom stereocenters. The average Bonchev–Trinajstić information content (AvgIpc) is 2.74. The summed E-state index contributed by atoms with van der Waals surface area (Å²) >= 11 is 0. The van der Waals surface area contributed by atoms with Gasteiger partial charge in [-0.05, 0) is 35.4 Å². The van der Waals surface area contributed by atoms with Gasteiger partial charge in [0.05, 0.1) is 11.0 Å². The van der Waals surface area contributed by atoms with Crippen LogP contribution in [-0.2, 0) is 0 Å². The van der Waals surface area contributed by atoms with Crippen LogP contribution in [-0.4, -0.2) is 9.97 Å². The topological polar surface area (TPSA) is 25.8 Å². The number of hydrogen-bond donors (Lipinski definition) is 0. The Morgan fingerprint density at radius 1 is 0.500 bits per heavy atom. The minimum Gasteiger partial charge on any atom is -0.256 e. The van der Waals surface area contributed by atoms with Gasteiger partial charge < -0.3 is 0 Å². The van der Waals surface area contributed by atoms with Crippen molar-refractivity contribution >= 4 is 21.8 Å². The van der Waals surface area contributed by atoms with Crippen LogP contribution < -0.4 is 0 Å². The Hall–Kier alpha value is -3.66. The molecule has 5 rings (SSSR count). The zero-order chi connectivity index (χ0) is 19.1. The highest BCUT2D eigenvalue weighted by molar-refractivity contribution is 6.02. The van der Waals surface area contributed by atoms with Gasteiger partial charge >= 0.3 is 0 Å². The Bertz CT molecular complexity index is 1230. The van der Waals surface area contributed by atoms with Crippen LogP contribution in [0.4, 0.5) is 8.78 Å². The molecule has 0 amide bonds. The second kappa shape index (κ2) is 6.50. The highest BCUT2D eigenvalue weighted by Gasteiger charge is 2.17. The first-order chi connectivity index (χ1) is 13.7. The van der Waals surface area contributed by atoms with E-state index in [1.807, 2.05) is 60.7 Å². The predicted molar refractivity (Wildman–Crippen MR) is 108 cm³/mol. The third-order valence-electron chi connectivity index (χ3n) is 4.91. The monoisotopic (exact) mass is 368 g/mol. The van der Waals surface area contributed by atoms with E-state index >= 15 is 0 Å². The van der Waals surface area contributed by atoms with E-state index in [1.165, 1.54) is 12.1 Å². The molecule has 2 nitrogen and oxygen atoms in total. The smallest absolute Gasteiger partial charge is 0.159 e. The Morgan fingerprint density at radius 2 is 0.929 bits per heavy atom. The lowest BCUT2D eigenvalue weighted by atomic mass is 9.91. The number of fused-ring (bicyclic) bond motifs is 2. The molecule has 0 aliphatic rings. The third-order valence-corrected chi connectivity index (χ3v) is 4.91. The number of pyridine rings is 2. The lowest BCUT2D eigenvalue weighted by molar-refractivity contribution is 0.509. The maximum atomic E-state index is 14.3. The fourth-order valence-electron chi connectivity index (χ4n) is 3.64. The lowest BCUT2D eigenvalue weighted by Gasteiger charge is -2.14. The van der Waals surface area contributed by atoms with Gasteiger partial charge in [-0.1, -0.05) is 48.5 Å². The molecule has 5 aromatic rings. The molecule has 0 saturated carbocycles. The van der Waals surface area contributed by atoms with Crippen LogP contribution in [0.2, 0.25) is 0 Å². The van der Waals surface area contributed by atoms with E-state index in [-0.39, 0.29) is 0 Å². The summed E-state index contributed by atoms with van der Waals surface area (Å²) in [6.45, 7) is 0. The quantitative estimate of drug-likeness (QED) is 0.360. The second-order valence-corrected chi connectivity index (χ2v) is 6.57. The van der Waals surface area contributed by atoms with E-state index in [9.17, 15) is 8.78 Å². The Balaban J connectivity index is 1.88. The Kier molecular flexibility index (Phi) is 3.83. The third kappa shape index (κ3) is 2.62. The molecular formula is C24H14F2N2. The number of rotatable bonds is 2. The SMILES string of the molecule is Fc1cc(-c2cccc3cccnc23)c(-c2cccc3cccnc23)cc1F. The summed E-state index contributed by atoms with van der Waals surface area (Å²) in [7, 11) is 0. The molecule has 4 heteroatoms. The van der Waals surface area contributed by atoms with Crippen LogP contribution in [0, 0.1) is 11.6 Å². The Morgan fingerprint density at radius 3 is 1.39 bits per heavy atom. The summed E-state index contributed by atoms with van der Waals surface area (Å²) in [6.07, 6.45) is 3.40. The van der Waals surface area contributed by atoms with Crippen LogP contribution >= 0.6 is 0 Å². The molecule has 0 unspecified atom stereocenters. The molecule has 0 fully saturated rings. The van der Waals surface area contributed by atoms with Crippen LogP contribution in [0.25, 0.3) is 44.1 Å². The highest BCUT2D eigenvalue weighted by atomic mass is 19.2. The van der Waals surface area contributed by atoms with Crippen LogP contribution in [0.1, 0.15) is 0 Å². The molecule has 28 heavy (non-hydrogen) atoms. The molecule has 0 aliphatic carbocycles. The van der Waals surface area contributed by atoms with Gasteiger partial charge in [0.1, 0.15) is 0 Å². The fraction of sp³-hybridized carbons (Fsp3) is 0. The molecule has 2 aromatic heterocycles. The van der Waals surface area contributed by atoms with Crippen LogP contribution in [0.5, 0.6) is 0 Å². The van der Waals surface area contributed by atoms with Gasteiger partial charge in [-0.3, -0.25) is 9.97 Å². The maximum Gasteiger partial charge on any atom is 0.159 e. The highest BCUT2D eigenvalue weighted by Crippen LogP contribution is 2.39. The number of nitrogens with zero attached hydrogens (tertiary/aromatic N) is 2. The van der Waals surface area contributed by atoms with E-state index in [0.29, 0.717) is 11.1 Å². The zero-order valence-electron chi connectivity index (χ0n) is 14.7. The normalized spacial score (nSPS) is 11.2. The van der Waals surface area contributed by atoms with Crippen molar-refractivity contribution in [2.45, 2.75) is 0 Å². The van der Waals surface area contributed by atoms with Crippen molar-refractivity contribution in [1.29, 1.82) is 0 Å². The van der Waals surface area contributed by atoms with Gasteiger partial charge in [0.25, 0.3) is 0 Å². The van der Waals surface area contributed by atoms with E-state index in [1.54, 1.807) is 12.4 Å². The van der Waals surface area contributed by atoms with E-state index in [0.717, 1.165) is 32.9 Å². The van der Waals surface area contributed by atoms with Gasteiger partial charge in [0, 0.05) is 34.3 Å². The van der Waals surface area contributed by atoms with Gasteiger partial charge in [0.2, 0.25) is 0 Å². The summed E-state index contributed by atoms with van der Waals surface area (Å²) in [4.78, 5) is 8.95. The minimum absolute atomic E-state index is 0.585.